The Labute approximate surface area is 202 Å². The van der Waals surface area contributed by atoms with Crippen LogP contribution in [0.4, 0.5) is 5.13 Å². The fourth-order valence-corrected chi connectivity index (χ4v) is 5.42. The second kappa shape index (κ2) is 10.5. The normalized spacial score (nSPS) is 15.2. The second-order valence-electron chi connectivity index (χ2n) is 8.52. The molecule has 1 aliphatic rings. The van der Waals surface area contributed by atoms with Crippen molar-refractivity contribution < 1.29 is 9.53 Å². The number of thiazole rings is 1. The summed E-state index contributed by atoms with van der Waals surface area (Å²) < 4.78 is 7.10. The van der Waals surface area contributed by atoms with Gasteiger partial charge in [-0.2, -0.15) is 0 Å². The monoisotopic (exact) mass is 485 g/mol. The highest BCUT2D eigenvalue weighted by Crippen LogP contribution is 2.34. The fourth-order valence-electron chi connectivity index (χ4n) is 4.72. The Balaban J connectivity index is 1.72. The van der Waals surface area contributed by atoms with Gasteiger partial charge >= 0.3 is 0 Å². The maximum absolute atomic E-state index is 13.4. The molecule has 1 atom stereocenters. The lowest BCUT2D eigenvalue weighted by atomic mass is 9.84. The molecule has 1 fully saturated rings. The lowest BCUT2D eigenvalue weighted by Gasteiger charge is -2.28. The number of rotatable bonds is 7. The Bertz CT molecular complexity index is 1170. The molecule has 4 rings (SSSR count). The summed E-state index contributed by atoms with van der Waals surface area (Å²) in [6, 6.07) is 8.20. The number of hydrogen-bond donors (Lipinski definition) is 1. The quantitative estimate of drug-likeness (QED) is 0.439. The highest BCUT2D eigenvalue weighted by molar-refractivity contribution is 7.13. The van der Waals surface area contributed by atoms with E-state index in [4.69, 9.17) is 16.3 Å². The van der Waals surface area contributed by atoms with Crippen molar-refractivity contribution >= 4 is 34.0 Å². The first-order valence-electron chi connectivity index (χ1n) is 11.2. The van der Waals surface area contributed by atoms with Gasteiger partial charge in [0.15, 0.2) is 5.13 Å². The zero-order valence-corrected chi connectivity index (χ0v) is 20.4. The summed E-state index contributed by atoms with van der Waals surface area (Å²) >= 11 is 7.57. The van der Waals surface area contributed by atoms with Crippen molar-refractivity contribution in [1.29, 1.82) is 0 Å². The number of amides is 1. The highest BCUT2D eigenvalue weighted by Gasteiger charge is 2.28. The summed E-state index contributed by atoms with van der Waals surface area (Å²) in [4.78, 5) is 30.9. The lowest BCUT2D eigenvalue weighted by Crippen LogP contribution is -2.36. The molecular weight excluding hydrogens is 458 g/mol. The van der Waals surface area contributed by atoms with E-state index in [0.717, 1.165) is 24.1 Å². The molecule has 1 N–H and O–H groups in total. The van der Waals surface area contributed by atoms with E-state index in [9.17, 15) is 9.59 Å². The predicted octanol–water partition coefficient (Wildman–Crippen LogP) is 6.09. The molecule has 1 aliphatic carbocycles. The number of carbonyl (C=O) groups excluding carboxylic acids is 1. The minimum atomic E-state index is -0.597. The first-order valence-corrected chi connectivity index (χ1v) is 12.5. The summed E-state index contributed by atoms with van der Waals surface area (Å²) in [7, 11) is 1.59. The molecule has 0 spiro atoms. The number of benzene rings is 1. The predicted molar refractivity (Wildman–Crippen MR) is 133 cm³/mol. The van der Waals surface area contributed by atoms with E-state index >= 15 is 0 Å². The number of aryl methyl sites for hydroxylation is 1. The van der Waals surface area contributed by atoms with E-state index in [1.165, 1.54) is 30.6 Å². The molecular formula is C25H28ClN3O3S. The van der Waals surface area contributed by atoms with Crippen LogP contribution in [0.25, 0.3) is 11.1 Å². The zero-order valence-electron chi connectivity index (χ0n) is 18.8. The van der Waals surface area contributed by atoms with Crippen molar-refractivity contribution in [2.45, 2.75) is 51.5 Å². The standard InChI is InChI=1S/C25H28ClN3O3S/c1-16-12-18(20-15-19(26)8-9-22(20)32-2)14-23(30)29(16)21(13-17-6-4-3-5-7-17)24(31)28-25-27-10-11-33-25/h8-12,14-15,17,21H,3-7,13H2,1-2H3,(H,27,28,31). The van der Waals surface area contributed by atoms with E-state index in [1.54, 1.807) is 42.1 Å². The molecule has 1 amide bonds. The Morgan fingerprint density at radius 2 is 2.06 bits per heavy atom. The minimum Gasteiger partial charge on any atom is -0.496 e. The summed E-state index contributed by atoms with van der Waals surface area (Å²) in [5.74, 6) is 0.856. The van der Waals surface area contributed by atoms with Crippen LogP contribution in [0.15, 0.2) is 46.7 Å². The summed E-state index contributed by atoms with van der Waals surface area (Å²) in [6.07, 6.45) is 8.05. The molecule has 2 aromatic heterocycles. The Kier molecular flexibility index (Phi) is 7.50. The molecule has 1 unspecified atom stereocenters. The Hall–Kier alpha value is -2.64. The van der Waals surface area contributed by atoms with Crippen LogP contribution >= 0.6 is 22.9 Å². The molecule has 1 aromatic carbocycles. The number of pyridine rings is 1. The van der Waals surface area contributed by atoms with Crippen LogP contribution in [0.3, 0.4) is 0 Å². The van der Waals surface area contributed by atoms with E-state index in [-0.39, 0.29) is 11.5 Å². The van der Waals surface area contributed by atoms with Gasteiger partial charge in [0.05, 0.1) is 7.11 Å². The van der Waals surface area contributed by atoms with Crippen molar-refractivity contribution in [2.75, 3.05) is 12.4 Å². The molecule has 8 heteroatoms. The van der Waals surface area contributed by atoms with Crippen molar-refractivity contribution in [3.8, 4) is 16.9 Å². The third-order valence-electron chi connectivity index (χ3n) is 6.29. The summed E-state index contributed by atoms with van der Waals surface area (Å²) in [5, 5.41) is 5.83. The molecule has 6 nitrogen and oxygen atoms in total. The van der Waals surface area contributed by atoms with Crippen molar-refractivity contribution in [3.63, 3.8) is 0 Å². The average molecular weight is 486 g/mol. The van der Waals surface area contributed by atoms with Crippen LogP contribution in [0, 0.1) is 12.8 Å². The van der Waals surface area contributed by atoms with Gasteiger partial charge < -0.3 is 14.6 Å². The van der Waals surface area contributed by atoms with Gasteiger partial charge in [-0.1, -0.05) is 43.7 Å². The van der Waals surface area contributed by atoms with E-state index < -0.39 is 6.04 Å². The molecule has 0 saturated heterocycles. The number of anilines is 1. The van der Waals surface area contributed by atoms with Gasteiger partial charge in [-0.15, -0.1) is 11.3 Å². The minimum absolute atomic E-state index is 0.200. The molecule has 33 heavy (non-hydrogen) atoms. The molecule has 0 bridgehead atoms. The molecule has 1 saturated carbocycles. The number of ether oxygens (including phenoxy) is 1. The number of methoxy groups -OCH3 is 1. The summed E-state index contributed by atoms with van der Waals surface area (Å²) in [5.41, 5.74) is 1.95. The van der Waals surface area contributed by atoms with Gasteiger partial charge in [0.25, 0.3) is 5.56 Å². The Morgan fingerprint density at radius 3 is 2.73 bits per heavy atom. The number of carbonyl (C=O) groups is 1. The van der Waals surface area contributed by atoms with Crippen LogP contribution in [-0.4, -0.2) is 22.6 Å². The first-order chi connectivity index (χ1) is 16.0. The zero-order chi connectivity index (χ0) is 23.4. The van der Waals surface area contributed by atoms with Crippen LogP contribution < -0.4 is 15.6 Å². The smallest absolute Gasteiger partial charge is 0.252 e. The Morgan fingerprint density at radius 1 is 1.27 bits per heavy atom. The maximum Gasteiger partial charge on any atom is 0.252 e. The molecule has 2 heterocycles. The van der Waals surface area contributed by atoms with Gasteiger partial charge in [-0.25, -0.2) is 4.98 Å². The molecule has 3 aromatic rings. The van der Waals surface area contributed by atoms with E-state index in [1.807, 2.05) is 18.4 Å². The van der Waals surface area contributed by atoms with Gasteiger partial charge in [-0.3, -0.25) is 9.59 Å². The van der Waals surface area contributed by atoms with E-state index in [0.29, 0.717) is 33.8 Å². The third-order valence-corrected chi connectivity index (χ3v) is 7.22. The topological polar surface area (TPSA) is 73.2 Å². The maximum atomic E-state index is 13.4. The molecule has 0 aliphatic heterocycles. The first kappa shape index (κ1) is 23.5. The van der Waals surface area contributed by atoms with Crippen LogP contribution in [0.2, 0.25) is 5.02 Å². The van der Waals surface area contributed by atoms with Crippen LogP contribution in [0.5, 0.6) is 5.75 Å². The third kappa shape index (κ3) is 5.47. The SMILES string of the molecule is COc1ccc(Cl)cc1-c1cc(C)n(C(CC2CCCCC2)C(=O)Nc2nccs2)c(=O)c1. The number of aromatic nitrogens is 2. The number of nitrogens with zero attached hydrogens (tertiary/aromatic N) is 2. The highest BCUT2D eigenvalue weighted by atomic mass is 35.5. The number of nitrogens with one attached hydrogen (secondary N) is 1. The molecule has 174 valence electrons. The van der Waals surface area contributed by atoms with Gasteiger partial charge in [0.1, 0.15) is 11.8 Å². The van der Waals surface area contributed by atoms with Crippen LogP contribution in [-0.2, 0) is 4.79 Å². The molecule has 0 radical (unpaired) electrons. The van der Waals surface area contributed by atoms with E-state index in [2.05, 4.69) is 10.3 Å². The summed E-state index contributed by atoms with van der Waals surface area (Å²) in [6.45, 7) is 1.87. The second-order valence-corrected chi connectivity index (χ2v) is 9.85. The van der Waals surface area contributed by atoms with Gasteiger partial charge in [0, 0.05) is 33.9 Å². The lowest BCUT2D eigenvalue weighted by molar-refractivity contribution is -0.120. The van der Waals surface area contributed by atoms with Gasteiger partial charge in [-0.05, 0) is 49.1 Å². The average Bonchev–Trinajstić information content (AvgIpc) is 3.31. The van der Waals surface area contributed by atoms with Crippen LogP contribution in [0.1, 0.15) is 50.3 Å². The largest absolute Gasteiger partial charge is 0.496 e. The number of hydrogen-bond acceptors (Lipinski definition) is 5. The van der Waals surface area contributed by atoms with Crippen molar-refractivity contribution in [2.24, 2.45) is 5.92 Å². The van der Waals surface area contributed by atoms with Gasteiger partial charge in [0.2, 0.25) is 5.91 Å². The fraction of sp³-hybridized carbons (Fsp3) is 0.400. The van der Waals surface area contributed by atoms with Crippen molar-refractivity contribution in [3.05, 3.63) is 63.0 Å². The van der Waals surface area contributed by atoms with Crippen molar-refractivity contribution in [1.82, 2.24) is 9.55 Å². The number of halogens is 1.